The number of nitrogens with zero attached hydrogens (tertiary/aromatic N) is 1. The van der Waals surface area contributed by atoms with Crippen molar-refractivity contribution in [3.63, 3.8) is 0 Å². The maximum absolute atomic E-state index is 12.0. The van der Waals surface area contributed by atoms with Gasteiger partial charge in [-0.25, -0.2) is 4.98 Å². The van der Waals surface area contributed by atoms with E-state index in [2.05, 4.69) is 10.3 Å². The van der Waals surface area contributed by atoms with Crippen molar-refractivity contribution in [2.45, 2.75) is 38.8 Å². The molecule has 0 aliphatic rings. The van der Waals surface area contributed by atoms with Gasteiger partial charge in [-0.15, -0.1) is 0 Å². The highest BCUT2D eigenvalue weighted by Gasteiger charge is 2.21. The number of carbonyl (C=O) groups is 1. The lowest BCUT2D eigenvalue weighted by atomic mass is 9.94. The molecule has 1 heterocycles. The summed E-state index contributed by atoms with van der Waals surface area (Å²) in [6.07, 6.45) is 0.377. The molecule has 1 aromatic carbocycles. The summed E-state index contributed by atoms with van der Waals surface area (Å²) in [5, 5.41) is 12.7. The summed E-state index contributed by atoms with van der Waals surface area (Å²) in [4.78, 5) is 16.2. The number of benzene rings is 1. The lowest BCUT2D eigenvalue weighted by Gasteiger charge is -2.13. The summed E-state index contributed by atoms with van der Waals surface area (Å²) in [5.41, 5.74) is 0.319. The van der Waals surface area contributed by atoms with E-state index in [0.29, 0.717) is 17.2 Å². The van der Waals surface area contributed by atoms with Crippen LogP contribution in [0.3, 0.4) is 0 Å². The molecule has 0 bridgehead atoms. The van der Waals surface area contributed by atoms with Gasteiger partial charge in [0.05, 0.1) is 19.9 Å². The number of nitrogens with one attached hydrogen (secondary N) is 1. The van der Waals surface area contributed by atoms with Gasteiger partial charge < -0.3 is 19.6 Å². The number of hydrogen-bond acceptors (Lipinski definition) is 5. The molecule has 2 aromatic rings. The van der Waals surface area contributed by atoms with E-state index in [-0.39, 0.29) is 12.0 Å². The molecule has 0 aliphatic carbocycles. The van der Waals surface area contributed by atoms with E-state index in [1.165, 1.54) is 7.11 Å². The predicted molar refractivity (Wildman–Crippen MR) is 85.0 cm³/mol. The number of oxazole rings is 1. The number of ether oxygens (including phenoxy) is 1. The van der Waals surface area contributed by atoms with Gasteiger partial charge in [-0.3, -0.25) is 4.79 Å². The van der Waals surface area contributed by atoms with Gasteiger partial charge in [-0.1, -0.05) is 32.9 Å². The molecule has 2 N–H and O–H groups in total. The van der Waals surface area contributed by atoms with Crippen molar-refractivity contribution in [3.05, 3.63) is 47.7 Å². The van der Waals surface area contributed by atoms with Crippen LogP contribution in [0.4, 0.5) is 0 Å². The molecule has 1 unspecified atom stereocenters. The zero-order chi connectivity index (χ0) is 17.0. The van der Waals surface area contributed by atoms with Gasteiger partial charge >= 0.3 is 0 Å². The van der Waals surface area contributed by atoms with Crippen LogP contribution in [-0.2, 0) is 16.8 Å². The number of amides is 1. The Balaban J connectivity index is 1.97. The van der Waals surface area contributed by atoms with Crippen LogP contribution < -0.4 is 10.1 Å². The van der Waals surface area contributed by atoms with E-state index < -0.39 is 12.0 Å². The quantitative estimate of drug-likeness (QED) is 0.884. The molecule has 6 nitrogen and oxygen atoms in total. The first-order valence-electron chi connectivity index (χ1n) is 7.36. The summed E-state index contributed by atoms with van der Waals surface area (Å²) in [7, 11) is 1.53. The highest BCUT2D eigenvalue weighted by Crippen LogP contribution is 2.23. The molecule has 1 amide bonds. The molecular formula is C17H22N2O4. The molecule has 6 heteroatoms. The zero-order valence-electron chi connectivity index (χ0n) is 13.8. The molecule has 0 spiro atoms. The maximum Gasteiger partial charge on any atom is 0.253 e. The van der Waals surface area contributed by atoms with Crippen molar-refractivity contribution in [1.82, 2.24) is 10.3 Å². The summed E-state index contributed by atoms with van der Waals surface area (Å²) < 4.78 is 10.7. The molecule has 0 saturated heterocycles. The van der Waals surface area contributed by atoms with Crippen LogP contribution in [0, 0.1) is 0 Å². The largest absolute Gasteiger partial charge is 0.497 e. The van der Waals surface area contributed by atoms with E-state index in [9.17, 15) is 9.90 Å². The Bertz CT molecular complexity index is 673. The van der Waals surface area contributed by atoms with Gasteiger partial charge in [0.1, 0.15) is 11.5 Å². The first-order valence-corrected chi connectivity index (χ1v) is 7.36. The van der Waals surface area contributed by atoms with Gasteiger partial charge in [0, 0.05) is 5.41 Å². The summed E-state index contributed by atoms with van der Waals surface area (Å²) >= 11 is 0. The fraction of sp³-hybridized carbons (Fsp3) is 0.412. The van der Waals surface area contributed by atoms with Gasteiger partial charge in [0.15, 0.2) is 6.10 Å². The minimum absolute atomic E-state index is 0.121. The van der Waals surface area contributed by atoms with E-state index >= 15 is 0 Å². The number of methoxy groups -OCH3 is 1. The molecule has 1 atom stereocenters. The van der Waals surface area contributed by atoms with Crippen molar-refractivity contribution in [3.8, 4) is 5.75 Å². The van der Waals surface area contributed by atoms with Gasteiger partial charge in [0.2, 0.25) is 5.89 Å². The SMILES string of the molecule is COc1cccc(C(O)C(=O)NCc2ncc(C(C)(C)C)o2)c1. The van der Waals surface area contributed by atoms with Crippen LogP contribution >= 0.6 is 0 Å². The van der Waals surface area contributed by atoms with E-state index in [1.54, 1.807) is 30.5 Å². The van der Waals surface area contributed by atoms with Crippen molar-refractivity contribution >= 4 is 5.91 Å². The molecule has 0 aliphatic heterocycles. The van der Waals surface area contributed by atoms with E-state index in [1.807, 2.05) is 20.8 Å². The summed E-state index contributed by atoms with van der Waals surface area (Å²) in [6.45, 7) is 6.17. The number of carbonyl (C=O) groups excluding carboxylic acids is 1. The molecule has 23 heavy (non-hydrogen) atoms. The Morgan fingerprint density at radius 2 is 2.17 bits per heavy atom. The molecule has 124 valence electrons. The lowest BCUT2D eigenvalue weighted by Crippen LogP contribution is -2.29. The van der Waals surface area contributed by atoms with Crippen molar-refractivity contribution in [2.24, 2.45) is 0 Å². The zero-order valence-corrected chi connectivity index (χ0v) is 13.8. The number of hydrogen-bond donors (Lipinski definition) is 2. The highest BCUT2D eigenvalue weighted by molar-refractivity contribution is 5.81. The Hall–Kier alpha value is -2.34. The van der Waals surface area contributed by atoms with Crippen LogP contribution in [0.5, 0.6) is 5.75 Å². The smallest absolute Gasteiger partial charge is 0.253 e. The fourth-order valence-electron chi connectivity index (χ4n) is 1.96. The third kappa shape index (κ3) is 4.32. The minimum Gasteiger partial charge on any atom is -0.497 e. The maximum atomic E-state index is 12.0. The highest BCUT2D eigenvalue weighted by atomic mass is 16.5. The first-order chi connectivity index (χ1) is 10.8. The third-order valence-corrected chi connectivity index (χ3v) is 3.36. The van der Waals surface area contributed by atoms with Crippen LogP contribution in [0.1, 0.15) is 44.1 Å². The molecule has 0 radical (unpaired) electrons. The summed E-state index contributed by atoms with van der Waals surface area (Å²) in [6, 6.07) is 6.74. The van der Waals surface area contributed by atoms with Crippen molar-refractivity contribution < 1.29 is 19.1 Å². The second kappa shape index (κ2) is 6.83. The molecule has 2 rings (SSSR count). The van der Waals surface area contributed by atoms with Crippen LogP contribution in [0.25, 0.3) is 0 Å². The van der Waals surface area contributed by atoms with Crippen molar-refractivity contribution in [2.75, 3.05) is 7.11 Å². The monoisotopic (exact) mass is 318 g/mol. The molecule has 0 fully saturated rings. The molecular weight excluding hydrogens is 296 g/mol. The number of aromatic nitrogens is 1. The Morgan fingerprint density at radius 3 is 2.78 bits per heavy atom. The Labute approximate surface area is 135 Å². The van der Waals surface area contributed by atoms with Crippen LogP contribution in [-0.4, -0.2) is 23.1 Å². The first kappa shape index (κ1) is 17.0. The number of aliphatic hydroxyl groups is 1. The van der Waals surface area contributed by atoms with E-state index in [0.717, 1.165) is 5.76 Å². The predicted octanol–water partition coefficient (Wildman–Crippen LogP) is 2.33. The number of aliphatic hydroxyl groups excluding tert-OH is 1. The van der Waals surface area contributed by atoms with Gasteiger partial charge in [-0.05, 0) is 17.7 Å². The normalized spacial score (nSPS) is 12.7. The molecule has 0 saturated carbocycles. The minimum atomic E-state index is -1.28. The fourth-order valence-corrected chi connectivity index (χ4v) is 1.96. The second-order valence-corrected chi connectivity index (χ2v) is 6.27. The molecule has 1 aromatic heterocycles. The average molecular weight is 318 g/mol. The van der Waals surface area contributed by atoms with Gasteiger partial charge in [0.25, 0.3) is 5.91 Å². The van der Waals surface area contributed by atoms with Gasteiger partial charge in [-0.2, -0.15) is 0 Å². The summed E-state index contributed by atoms with van der Waals surface area (Å²) in [5.74, 6) is 1.21. The number of rotatable bonds is 5. The topological polar surface area (TPSA) is 84.6 Å². The standard InChI is InChI=1S/C17H22N2O4/c1-17(2,3)13-9-18-14(23-13)10-19-16(21)15(20)11-6-5-7-12(8-11)22-4/h5-9,15,20H,10H2,1-4H3,(H,19,21). The van der Waals surface area contributed by atoms with E-state index in [4.69, 9.17) is 9.15 Å². The Morgan fingerprint density at radius 1 is 1.43 bits per heavy atom. The van der Waals surface area contributed by atoms with Crippen LogP contribution in [0.15, 0.2) is 34.9 Å². The van der Waals surface area contributed by atoms with Crippen LogP contribution in [0.2, 0.25) is 0 Å². The average Bonchev–Trinajstić information content (AvgIpc) is 3.01. The lowest BCUT2D eigenvalue weighted by molar-refractivity contribution is -0.129. The Kier molecular flexibility index (Phi) is 5.05. The second-order valence-electron chi connectivity index (χ2n) is 6.27. The van der Waals surface area contributed by atoms with Crippen molar-refractivity contribution in [1.29, 1.82) is 0 Å². The third-order valence-electron chi connectivity index (χ3n) is 3.36.